The zero-order valence-corrected chi connectivity index (χ0v) is 74.8. The first-order valence-electron chi connectivity index (χ1n) is 47.4. The molecule has 5 aliphatic carbocycles. The van der Waals surface area contributed by atoms with Crippen molar-refractivity contribution in [2.24, 2.45) is 0 Å². The molecule has 0 bridgehead atoms. The minimum Gasteiger partial charge on any atom is -0.455 e. The Bertz CT molecular complexity index is 6560. The SMILES string of the molecule is CCCCCCCC1(CCCCCCC)c2ccccc2-c2ccc(-c3ccc4c(c3)C(C)(C)c3cc(-c5ccc(-c6cc7c(c8c6oc6ccccc68)-c6ccc(N(c8ccc9c(c8)C(C)(C)c8c%10c(c%11oc%12ccccc%12c%11c8-9)-c8ccccc8C%10(C)C)c8ccc(C)cc8C)cc6C7(CCCCCCC)CCCCCCC)cc5)ccc3-4)cc21. The summed E-state index contributed by atoms with van der Waals surface area (Å²) >= 11 is 0. The Morgan fingerprint density at radius 3 is 1.23 bits per heavy atom. The molecular formula is C119H123NO2. The molecule has 0 aliphatic heterocycles. The number of furan rings is 2. The summed E-state index contributed by atoms with van der Waals surface area (Å²) in [5.74, 6) is 0. The summed E-state index contributed by atoms with van der Waals surface area (Å²) in [6.45, 7) is 28.8. The van der Waals surface area contributed by atoms with Gasteiger partial charge in [-0.25, -0.2) is 0 Å². The summed E-state index contributed by atoms with van der Waals surface area (Å²) in [4.78, 5) is 2.63. The Hall–Kier alpha value is -10.7. The molecule has 0 fully saturated rings. The minimum atomic E-state index is -0.363. The molecule has 3 nitrogen and oxygen atoms in total. The lowest BCUT2D eigenvalue weighted by molar-refractivity contribution is 0.399. The van der Waals surface area contributed by atoms with Crippen LogP contribution in [0.5, 0.6) is 0 Å². The predicted molar refractivity (Wildman–Crippen MR) is 520 cm³/mol. The molecule has 15 aromatic rings. The third kappa shape index (κ3) is 12.7. The Balaban J connectivity index is 0.684. The zero-order chi connectivity index (χ0) is 83.6. The fraction of sp³-hybridized carbons (Fsp3) is 0.345. The number of anilines is 3. The van der Waals surface area contributed by atoms with E-state index < -0.39 is 0 Å². The molecule has 3 heteroatoms. The highest BCUT2D eigenvalue weighted by molar-refractivity contribution is 6.22. The van der Waals surface area contributed by atoms with Crippen LogP contribution in [-0.4, -0.2) is 0 Å². The molecule has 0 unspecified atom stereocenters. The van der Waals surface area contributed by atoms with Gasteiger partial charge in [-0.05, 0) is 245 Å². The third-order valence-electron chi connectivity index (χ3n) is 30.6. The smallest absolute Gasteiger partial charge is 0.144 e. The van der Waals surface area contributed by atoms with Gasteiger partial charge >= 0.3 is 0 Å². The van der Waals surface area contributed by atoms with Gasteiger partial charge in [0.1, 0.15) is 22.3 Å². The molecule has 13 aromatic carbocycles. The average Bonchev–Trinajstić information content (AvgIpc) is 1.51. The second-order valence-corrected chi connectivity index (χ2v) is 39.2. The third-order valence-corrected chi connectivity index (χ3v) is 30.6. The van der Waals surface area contributed by atoms with Crippen LogP contribution in [0.15, 0.2) is 245 Å². The van der Waals surface area contributed by atoms with E-state index in [2.05, 4.69) is 325 Å². The second-order valence-electron chi connectivity index (χ2n) is 39.2. The maximum atomic E-state index is 7.40. The number of hydrogen-bond donors (Lipinski definition) is 0. The molecule has 0 saturated carbocycles. The van der Waals surface area contributed by atoms with Crippen molar-refractivity contribution < 1.29 is 8.83 Å². The van der Waals surface area contributed by atoms with Crippen molar-refractivity contribution in [1.82, 2.24) is 0 Å². The van der Waals surface area contributed by atoms with Crippen molar-refractivity contribution in [2.45, 2.75) is 264 Å². The van der Waals surface area contributed by atoms with Gasteiger partial charge in [0.15, 0.2) is 0 Å². The van der Waals surface area contributed by atoms with Gasteiger partial charge < -0.3 is 13.7 Å². The highest BCUT2D eigenvalue weighted by Crippen LogP contribution is 2.66. The van der Waals surface area contributed by atoms with Gasteiger partial charge in [0, 0.05) is 76.8 Å². The van der Waals surface area contributed by atoms with E-state index in [0.29, 0.717) is 0 Å². The van der Waals surface area contributed by atoms with E-state index in [4.69, 9.17) is 8.83 Å². The number of aryl methyl sites for hydroxylation is 2. The quantitative estimate of drug-likeness (QED) is 0.0420. The number of hydrogen-bond acceptors (Lipinski definition) is 3. The van der Waals surface area contributed by atoms with E-state index >= 15 is 0 Å². The summed E-state index contributed by atoms with van der Waals surface area (Å²) in [5.41, 5.74) is 44.3. The monoisotopic (exact) mass is 1600 g/mol. The van der Waals surface area contributed by atoms with Crippen molar-refractivity contribution in [3.8, 4) is 89.0 Å². The molecule has 0 radical (unpaired) electrons. The first-order chi connectivity index (χ1) is 59.4. The number of nitrogens with zero attached hydrogens (tertiary/aromatic N) is 1. The second kappa shape index (κ2) is 31.5. The number of rotatable bonds is 30. The molecule has 0 spiro atoms. The van der Waals surface area contributed by atoms with Gasteiger partial charge in [-0.2, -0.15) is 0 Å². The highest BCUT2D eigenvalue weighted by atomic mass is 16.3. The number of benzene rings is 13. The number of para-hydroxylation sites is 2. The van der Waals surface area contributed by atoms with E-state index in [-0.39, 0.29) is 27.1 Å². The molecule has 2 aromatic heterocycles. The van der Waals surface area contributed by atoms with Gasteiger partial charge in [0.2, 0.25) is 0 Å². The van der Waals surface area contributed by atoms with Gasteiger partial charge in [-0.1, -0.05) is 373 Å². The Morgan fingerprint density at radius 1 is 0.270 bits per heavy atom. The van der Waals surface area contributed by atoms with E-state index in [9.17, 15) is 0 Å². The van der Waals surface area contributed by atoms with Gasteiger partial charge in [-0.15, -0.1) is 0 Å². The maximum absolute atomic E-state index is 7.40. The fourth-order valence-electron chi connectivity index (χ4n) is 24.4. The van der Waals surface area contributed by atoms with Crippen LogP contribution >= 0.6 is 0 Å². The lowest BCUT2D eigenvalue weighted by Gasteiger charge is -2.35. The number of unbranched alkanes of at least 4 members (excludes halogenated alkanes) is 16. The Kier molecular flexibility index (Phi) is 20.6. The summed E-state index contributed by atoms with van der Waals surface area (Å²) in [6, 6.07) is 93.2. The summed E-state index contributed by atoms with van der Waals surface area (Å²) in [6.07, 6.45) is 29.9. The van der Waals surface area contributed by atoms with Crippen molar-refractivity contribution in [3.63, 3.8) is 0 Å². The average molecular weight is 1600 g/mol. The van der Waals surface area contributed by atoms with Gasteiger partial charge in [0.05, 0.1) is 0 Å². The van der Waals surface area contributed by atoms with Crippen LogP contribution in [0, 0.1) is 13.8 Å². The van der Waals surface area contributed by atoms with Crippen LogP contribution in [0.3, 0.4) is 0 Å². The molecule has 0 atom stereocenters. The highest BCUT2D eigenvalue weighted by Gasteiger charge is 2.51. The first-order valence-corrected chi connectivity index (χ1v) is 47.4. The maximum Gasteiger partial charge on any atom is 0.144 e. The molecule has 5 aliphatic rings. The van der Waals surface area contributed by atoms with Crippen LogP contribution in [0.1, 0.15) is 290 Å². The summed E-state index contributed by atoms with van der Waals surface area (Å²) in [7, 11) is 0. The van der Waals surface area contributed by atoms with Crippen LogP contribution in [0.25, 0.3) is 133 Å². The summed E-state index contributed by atoms with van der Waals surface area (Å²) < 4.78 is 14.6. The Labute approximate surface area is 726 Å². The van der Waals surface area contributed by atoms with Crippen molar-refractivity contribution in [2.75, 3.05) is 4.90 Å². The topological polar surface area (TPSA) is 29.5 Å². The molecule has 0 N–H and O–H groups in total. The van der Waals surface area contributed by atoms with Crippen LogP contribution < -0.4 is 4.90 Å². The molecular weight excluding hydrogens is 1480 g/mol. The first kappa shape index (κ1) is 79.7. The van der Waals surface area contributed by atoms with Gasteiger partial charge in [-0.3, -0.25) is 0 Å². The predicted octanol–water partition coefficient (Wildman–Crippen LogP) is 35.5. The lowest BCUT2D eigenvalue weighted by atomic mass is 9.70. The van der Waals surface area contributed by atoms with E-state index in [1.807, 2.05) is 0 Å². The van der Waals surface area contributed by atoms with E-state index in [1.165, 1.54) is 312 Å². The molecule has 2 heterocycles. The summed E-state index contributed by atoms with van der Waals surface area (Å²) in [5, 5.41) is 4.84. The van der Waals surface area contributed by atoms with Crippen molar-refractivity contribution in [1.29, 1.82) is 0 Å². The van der Waals surface area contributed by atoms with Crippen LogP contribution in [0.4, 0.5) is 17.1 Å². The molecule has 122 heavy (non-hydrogen) atoms. The minimum absolute atomic E-state index is 0.0405. The number of fused-ring (bicyclic) bond motifs is 25. The lowest BCUT2D eigenvalue weighted by Crippen LogP contribution is -2.26. The largest absolute Gasteiger partial charge is 0.455 e. The fourth-order valence-corrected chi connectivity index (χ4v) is 24.4. The van der Waals surface area contributed by atoms with E-state index in [0.717, 1.165) is 48.0 Å². The van der Waals surface area contributed by atoms with Crippen LogP contribution in [-0.2, 0) is 27.1 Å². The molecule has 616 valence electrons. The standard InChI is InChI=1S/C119H123NO2/c1-13-17-21-25-37-65-118(66-38-26-22-18-14-2)96-46-34-29-41-85(96)88-61-56-82(72-100(88)118)81-55-60-87-86-59-54-80(70-97(86)115(7,8)98(87)71-81)78-50-52-79(53-51-78)94-75-102-106(108-92-43-31-35-47-104(92)121-113(94)108)91-63-58-84(74-101(91)119(102,67-39-27-23-19-15-3)68-40-28-24-20-16-4)120(103-64-49-76(5)69-77(103)6)83-57-62-90-99(73-83)117(11,12)111-107(90)109-93-44-32-36-48-105(93)122-114(109)110-89-42-30-33-45-95(89)116(9,10)112(110)111/h29-36,41-64,69-75H,13-28,37-40,65-68H2,1-12H3. The Morgan fingerprint density at radius 2 is 0.664 bits per heavy atom. The van der Waals surface area contributed by atoms with Crippen LogP contribution in [0.2, 0.25) is 0 Å². The zero-order valence-electron chi connectivity index (χ0n) is 74.8. The normalized spacial score (nSPS) is 15.2. The van der Waals surface area contributed by atoms with Crippen molar-refractivity contribution >= 4 is 60.9 Å². The van der Waals surface area contributed by atoms with E-state index in [1.54, 1.807) is 11.1 Å². The van der Waals surface area contributed by atoms with Gasteiger partial charge in [0.25, 0.3) is 0 Å². The molecule has 0 amide bonds. The molecule has 0 saturated heterocycles. The molecule has 20 rings (SSSR count). The van der Waals surface area contributed by atoms with Crippen molar-refractivity contribution in [3.05, 3.63) is 303 Å².